The quantitative estimate of drug-likeness (QED) is 0.115. The van der Waals surface area contributed by atoms with Gasteiger partial charge in [-0.3, -0.25) is 24.0 Å². The first kappa shape index (κ1) is 51.2. The van der Waals surface area contributed by atoms with Gasteiger partial charge in [0, 0.05) is 68.8 Å². The Kier molecular flexibility index (Phi) is 17.9. The number of hydrogen-bond donors (Lipinski definition) is 4. The number of nitrogens with two attached hydrogens (primary N) is 3. The fourth-order valence-corrected chi connectivity index (χ4v) is 9.05. The first-order chi connectivity index (χ1) is 31.4. The molecule has 15 heteroatoms. The number of carbonyl (C=O) groups excluding carboxylic acids is 5. The smallest absolute Gasteiger partial charge is 0.226 e. The molecule has 354 valence electrons. The summed E-state index contributed by atoms with van der Waals surface area (Å²) in [5.74, 6) is -1.89. The number of allylic oxidation sites excluding steroid dienone is 2. The third-order valence-corrected chi connectivity index (χ3v) is 12.8. The first-order valence-corrected chi connectivity index (χ1v) is 23.1. The van der Waals surface area contributed by atoms with Crippen LogP contribution in [-0.2, 0) is 25.6 Å². The average Bonchev–Trinajstić information content (AvgIpc) is 3.28. The van der Waals surface area contributed by atoms with E-state index in [1.54, 1.807) is 51.1 Å². The normalized spacial score (nSPS) is 19.4. The predicted octanol–water partition coefficient (Wildman–Crippen LogP) is 5.91. The van der Waals surface area contributed by atoms with E-state index in [4.69, 9.17) is 36.6 Å². The molecule has 0 saturated carbocycles. The molecule has 3 aromatic rings. The topological polar surface area (TPSA) is 247 Å². The van der Waals surface area contributed by atoms with Crippen LogP contribution in [0.2, 0.25) is 0 Å². The highest BCUT2D eigenvalue weighted by Gasteiger charge is 2.37. The molecule has 2 aliphatic rings. The lowest BCUT2D eigenvalue weighted by molar-refractivity contribution is -0.142. The highest BCUT2D eigenvalue weighted by Crippen LogP contribution is 2.42. The summed E-state index contributed by atoms with van der Waals surface area (Å²) in [5.41, 5.74) is 22.7. The predicted molar refractivity (Wildman–Crippen MR) is 253 cm³/mol. The second kappa shape index (κ2) is 23.1. The van der Waals surface area contributed by atoms with Gasteiger partial charge in [-0.25, -0.2) is 9.97 Å². The van der Waals surface area contributed by atoms with Crippen LogP contribution in [0.1, 0.15) is 124 Å². The molecule has 1 aliphatic carbocycles. The van der Waals surface area contributed by atoms with Gasteiger partial charge in [0.1, 0.15) is 30.8 Å². The lowest BCUT2D eigenvalue weighted by Gasteiger charge is -2.33. The molecule has 1 aliphatic heterocycles. The van der Waals surface area contributed by atoms with Gasteiger partial charge >= 0.3 is 0 Å². The van der Waals surface area contributed by atoms with E-state index in [1.807, 2.05) is 12.1 Å². The van der Waals surface area contributed by atoms with Crippen molar-refractivity contribution in [3.05, 3.63) is 76.4 Å². The van der Waals surface area contributed by atoms with Crippen LogP contribution in [-0.4, -0.2) is 90.0 Å². The minimum Gasteiger partial charge on any atom is -0.492 e. The van der Waals surface area contributed by atoms with Crippen LogP contribution in [0.15, 0.2) is 42.5 Å². The van der Waals surface area contributed by atoms with E-state index in [1.165, 1.54) is 11.9 Å². The molecule has 7 N–H and O–H groups in total. The zero-order valence-corrected chi connectivity index (χ0v) is 39.7. The maximum absolute atomic E-state index is 14.8. The zero-order valence-electron chi connectivity index (χ0n) is 39.7. The number of hydrogen-bond acceptors (Lipinski definition) is 13. The SMILES string of the molecule is Cc1nc(C2=CCC(C(C)(C)C)CC2)nc(C)c1C(=O)C[C@@H](CCN)C(=O)N(C)[C@@H]1C(=O)C[C@@H](C)C(=O)N[C@H](C(=O)CCC#N)Cc2ccc(OCCN)c(c2)-c2cc1ccc2OCCN. The molecule has 4 bridgehead atoms. The molecule has 5 rings (SSSR count). The summed E-state index contributed by atoms with van der Waals surface area (Å²) in [6.07, 6.45) is 4.69. The number of aromatic nitrogens is 2. The largest absolute Gasteiger partial charge is 0.492 e. The van der Waals surface area contributed by atoms with E-state index >= 15 is 0 Å². The maximum atomic E-state index is 14.8. The van der Waals surface area contributed by atoms with Crippen molar-refractivity contribution in [2.75, 3.05) is 39.9 Å². The summed E-state index contributed by atoms with van der Waals surface area (Å²) in [7, 11) is 1.52. The zero-order chi connectivity index (χ0) is 48.3. The van der Waals surface area contributed by atoms with Gasteiger partial charge in [0.2, 0.25) is 11.8 Å². The minimum atomic E-state index is -1.23. The summed E-state index contributed by atoms with van der Waals surface area (Å²) in [4.78, 5) is 82.1. The Hall–Kier alpha value is -5.82. The highest BCUT2D eigenvalue weighted by atomic mass is 16.5. The number of rotatable bonds is 17. The van der Waals surface area contributed by atoms with E-state index in [2.05, 4.69) is 32.2 Å². The van der Waals surface area contributed by atoms with Crippen LogP contribution < -0.4 is 32.0 Å². The summed E-state index contributed by atoms with van der Waals surface area (Å²) in [6.45, 7) is 12.8. The monoisotopic (exact) mass is 905 g/mol. The Balaban J connectivity index is 1.56. The van der Waals surface area contributed by atoms with E-state index in [9.17, 15) is 29.2 Å². The Labute approximate surface area is 389 Å². The molecule has 1 aromatic heterocycles. The Morgan fingerprint density at radius 3 is 2.15 bits per heavy atom. The first-order valence-electron chi connectivity index (χ1n) is 23.1. The number of nitrogens with one attached hydrogen (secondary N) is 1. The number of amides is 2. The van der Waals surface area contributed by atoms with Crippen LogP contribution >= 0.6 is 0 Å². The number of nitrogens with zero attached hydrogens (tertiary/aromatic N) is 4. The van der Waals surface area contributed by atoms with E-state index in [0.29, 0.717) is 62.4 Å². The number of likely N-dealkylation sites (N-methyl/N-ethyl adjacent to an activating group) is 1. The van der Waals surface area contributed by atoms with E-state index < -0.39 is 41.5 Å². The van der Waals surface area contributed by atoms with Crippen LogP contribution in [0.5, 0.6) is 11.5 Å². The van der Waals surface area contributed by atoms with Crippen molar-refractivity contribution < 1.29 is 33.4 Å². The van der Waals surface area contributed by atoms with Crippen molar-refractivity contribution >= 4 is 34.7 Å². The Bertz CT molecular complexity index is 2320. The van der Waals surface area contributed by atoms with Crippen molar-refractivity contribution in [1.29, 1.82) is 5.26 Å². The van der Waals surface area contributed by atoms with Gasteiger partial charge in [0.05, 0.1) is 29.1 Å². The van der Waals surface area contributed by atoms with Crippen LogP contribution in [0.3, 0.4) is 0 Å². The van der Waals surface area contributed by atoms with E-state index in [-0.39, 0.29) is 88.4 Å². The van der Waals surface area contributed by atoms with Crippen molar-refractivity contribution in [2.24, 2.45) is 40.4 Å². The molecule has 0 radical (unpaired) electrons. The minimum absolute atomic E-state index is 0.0279. The van der Waals surface area contributed by atoms with Gasteiger partial charge in [-0.2, -0.15) is 5.26 Å². The molecule has 0 fully saturated rings. The summed E-state index contributed by atoms with van der Waals surface area (Å²) in [6, 6.07) is 10.3. The fraction of sp³-hybridized carbons (Fsp3) is 0.529. The lowest BCUT2D eigenvalue weighted by Crippen LogP contribution is -2.46. The van der Waals surface area contributed by atoms with Crippen molar-refractivity contribution in [2.45, 2.75) is 111 Å². The second-order valence-electron chi connectivity index (χ2n) is 18.7. The molecule has 2 heterocycles. The van der Waals surface area contributed by atoms with Gasteiger partial charge in [0.15, 0.2) is 23.2 Å². The van der Waals surface area contributed by atoms with Gasteiger partial charge in [0.25, 0.3) is 0 Å². The van der Waals surface area contributed by atoms with E-state index in [0.717, 1.165) is 24.8 Å². The molecule has 0 spiro atoms. The number of aryl methyl sites for hydroxylation is 2. The highest BCUT2D eigenvalue weighted by molar-refractivity contribution is 6.01. The molecule has 0 saturated heterocycles. The Morgan fingerprint density at radius 2 is 1.58 bits per heavy atom. The number of ether oxygens (including phenoxy) is 2. The average molecular weight is 905 g/mol. The lowest BCUT2D eigenvalue weighted by atomic mass is 9.73. The molecular formula is C51H68N8O7. The molecule has 2 amide bonds. The number of nitriles is 1. The number of Topliss-reactive ketones (excluding diaryl/α,β-unsaturated/α-hetero) is 3. The van der Waals surface area contributed by atoms with Crippen LogP contribution in [0.4, 0.5) is 0 Å². The number of ketones is 3. The van der Waals surface area contributed by atoms with Gasteiger partial charge in [-0.05, 0) is 105 Å². The maximum Gasteiger partial charge on any atom is 0.226 e. The van der Waals surface area contributed by atoms with Gasteiger partial charge in [-0.1, -0.05) is 45.9 Å². The number of carbonyl (C=O) groups is 5. The molecule has 5 atom stereocenters. The number of fused-ring (bicyclic) bond motifs is 5. The fourth-order valence-electron chi connectivity index (χ4n) is 9.05. The van der Waals surface area contributed by atoms with Gasteiger partial charge in [-0.15, -0.1) is 0 Å². The molecule has 2 aromatic carbocycles. The van der Waals surface area contributed by atoms with Gasteiger partial charge < -0.3 is 36.9 Å². The Morgan fingerprint density at radius 1 is 0.939 bits per heavy atom. The second-order valence-corrected chi connectivity index (χ2v) is 18.7. The van der Waals surface area contributed by atoms with Crippen LogP contribution in [0, 0.1) is 48.3 Å². The molecule has 15 nitrogen and oxygen atoms in total. The summed E-state index contributed by atoms with van der Waals surface area (Å²) < 4.78 is 12.3. The summed E-state index contributed by atoms with van der Waals surface area (Å²) >= 11 is 0. The standard InChI is InChI=1S/C51H68N8O7/c1-30-25-43(62)47(59(7)50(64)36(18-20-53)29-42(61)46-31(2)56-48(57-32(46)3)34-11-14-37(15-12-34)51(4,5)6)35-13-17-45(66-24-22-55)39(28-35)38-26-33(10-16-44(38)65-23-21-54)27-40(58-49(30)63)41(60)9-8-19-52/h10-11,13,16-17,26,28,30,36-37,40,47H,8-9,12,14-15,18,20-25,27,29,53-55H2,1-7H3,(H,58,63)/t30-,36-,37?,40+,47+/m1/s1. The third kappa shape index (κ3) is 12.5. The van der Waals surface area contributed by atoms with Crippen LogP contribution in [0.25, 0.3) is 16.7 Å². The van der Waals surface area contributed by atoms with Crippen molar-refractivity contribution in [3.8, 4) is 28.7 Å². The van der Waals surface area contributed by atoms with Crippen molar-refractivity contribution in [3.63, 3.8) is 0 Å². The summed E-state index contributed by atoms with van der Waals surface area (Å²) in [5, 5.41) is 12.1. The molecule has 1 unspecified atom stereocenters. The molecule has 66 heavy (non-hydrogen) atoms. The molecular weight excluding hydrogens is 837 g/mol. The number of benzene rings is 2. The third-order valence-electron chi connectivity index (χ3n) is 12.8. The van der Waals surface area contributed by atoms with Crippen molar-refractivity contribution in [1.82, 2.24) is 20.2 Å².